The first-order valence-corrected chi connectivity index (χ1v) is 36.5. The number of esters is 1. The van der Waals surface area contributed by atoms with E-state index in [9.17, 15) is 117 Å². The number of nitrogens with zero attached hydrogens (tertiary/aromatic N) is 4. The van der Waals surface area contributed by atoms with Crippen molar-refractivity contribution in [1.82, 2.24) is 46.2 Å². The van der Waals surface area contributed by atoms with Gasteiger partial charge in [-0.25, -0.2) is 24.0 Å². The van der Waals surface area contributed by atoms with Crippen molar-refractivity contribution in [2.75, 3.05) is 78.5 Å². The predicted molar refractivity (Wildman–Crippen MR) is 389 cm³/mol. The number of allylic oxidation sites excluding steroid dienone is 3. The number of carboxylic acids is 8. The van der Waals surface area contributed by atoms with Crippen LogP contribution in [0.15, 0.2) is 72.3 Å². The second-order valence-corrected chi connectivity index (χ2v) is 27.4. The van der Waals surface area contributed by atoms with Gasteiger partial charge in [0, 0.05) is 109 Å². The number of benzene rings is 2. The number of halogens is 1. The maximum absolute atomic E-state index is 14.9. The Morgan fingerprint density at radius 2 is 0.991 bits per heavy atom. The summed E-state index contributed by atoms with van der Waals surface area (Å²) in [6, 6.07) is 4.43. The Labute approximate surface area is 635 Å². The van der Waals surface area contributed by atoms with Crippen molar-refractivity contribution in [3.05, 3.63) is 87.0 Å². The molecular formula is C72H96IN9O26. The number of ether oxygens (including phenoxy) is 1. The molecule has 1 saturated heterocycles. The first-order chi connectivity index (χ1) is 51.3. The highest BCUT2D eigenvalue weighted by atomic mass is 127. The number of amides is 5. The molecule has 1 aliphatic carbocycles. The van der Waals surface area contributed by atoms with Gasteiger partial charge in [-0.2, -0.15) is 0 Å². The van der Waals surface area contributed by atoms with Crippen LogP contribution in [-0.2, 0) is 89.6 Å². The van der Waals surface area contributed by atoms with Crippen LogP contribution in [0.5, 0.6) is 5.75 Å². The zero-order valence-electron chi connectivity index (χ0n) is 59.7. The SMILES string of the molecule is O=C1C=CC(=O)C(C(=O)Oc2ccc(C[C@@H](NC(=O)CC[C@H](C(=O)O)N3CCN(CC(=O)O)CCN(CC(=O)O)CCN(CC(=O)O)CC3)C(=O)C[C@H](Cc3ccccc3)C(=O)N[C@H](CCCCNC(=O)CCCCCCC(=O)CCCCC[C@H](NC(=O)N[C@@H](CCC(=O)O)C(=O)O)C(=O)O)C(=O)O)cc2I)=C1. The summed E-state index contributed by atoms with van der Waals surface area (Å²) in [6.07, 6.45) is 4.77. The number of nitrogens with one attached hydrogen (secondary N) is 5. The van der Waals surface area contributed by atoms with Crippen LogP contribution in [0, 0.1) is 9.49 Å². The third kappa shape index (κ3) is 36.1. The van der Waals surface area contributed by atoms with E-state index in [1.54, 1.807) is 30.3 Å². The second kappa shape index (κ2) is 48.4. The van der Waals surface area contributed by atoms with Crippen LogP contribution >= 0.6 is 22.6 Å². The van der Waals surface area contributed by atoms with E-state index in [1.165, 1.54) is 37.8 Å². The molecule has 1 heterocycles. The molecular weight excluding hydrogens is 1530 g/mol. The summed E-state index contributed by atoms with van der Waals surface area (Å²) in [6.45, 7) is -1.25. The topological polar surface area (TPSA) is 534 Å². The van der Waals surface area contributed by atoms with Gasteiger partial charge in [0.15, 0.2) is 17.3 Å². The molecule has 36 heteroatoms. The lowest BCUT2D eigenvalue weighted by molar-refractivity contribution is -0.145. The normalized spacial score (nSPS) is 15.7. The number of ketones is 4. The van der Waals surface area contributed by atoms with Gasteiger partial charge in [0.05, 0.1) is 29.2 Å². The minimum Gasteiger partial charge on any atom is -0.481 e. The quantitative estimate of drug-likeness (QED) is 0.0113. The minimum atomic E-state index is -1.54. The van der Waals surface area contributed by atoms with E-state index < -0.39 is 182 Å². The van der Waals surface area contributed by atoms with Gasteiger partial charge in [-0.15, -0.1) is 0 Å². The van der Waals surface area contributed by atoms with Crippen molar-refractivity contribution in [1.29, 1.82) is 0 Å². The highest BCUT2D eigenvalue weighted by Gasteiger charge is 2.34. The van der Waals surface area contributed by atoms with Crippen molar-refractivity contribution in [2.45, 2.75) is 165 Å². The van der Waals surface area contributed by atoms with E-state index in [2.05, 4.69) is 26.6 Å². The van der Waals surface area contributed by atoms with Gasteiger partial charge in [0.2, 0.25) is 17.7 Å². The molecule has 5 amide bonds. The van der Waals surface area contributed by atoms with Crippen molar-refractivity contribution in [3.8, 4) is 5.75 Å². The zero-order valence-corrected chi connectivity index (χ0v) is 61.9. The number of Topliss-reactive ketones (excluding diaryl/α,β-unsaturated/α-hetero) is 2. The maximum Gasteiger partial charge on any atom is 0.347 e. The molecule has 0 radical (unpaired) electrons. The third-order valence-electron chi connectivity index (χ3n) is 17.8. The summed E-state index contributed by atoms with van der Waals surface area (Å²) in [7, 11) is 0. The molecule has 2 aromatic rings. The van der Waals surface area contributed by atoms with Crippen molar-refractivity contribution >= 4 is 123 Å². The fraction of sp³-hybridized carbons (Fsp3) is 0.542. The van der Waals surface area contributed by atoms with Crippen molar-refractivity contribution in [2.24, 2.45) is 5.92 Å². The van der Waals surface area contributed by atoms with Crippen LogP contribution in [0.4, 0.5) is 4.79 Å². The molecule has 35 nitrogen and oxygen atoms in total. The Hall–Kier alpha value is -9.92. The fourth-order valence-corrected chi connectivity index (χ4v) is 12.6. The van der Waals surface area contributed by atoms with Crippen LogP contribution < -0.4 is 31.3 Å². The van der Waals surface area contributed by atoms with Gasteiger partial charge in [0.1, 0.15) is 41.3 Å². The number of carboxylic acid groups (broad SMARTS) is 8. The number of hydrogen-bond acceptors (Lipinski definition) is 22. The molecule has 592 valence electrons. The van der Waals surface area contributed by atoms with Crippen LogP contribution in [0.1, 0.15) is 133 Å². The summed E-state index contributed by atoms with van der Waals surface area (Å²) < 4.78 is 5.74. The second-order valence-electron chi connectivity index (χ2n) is 26.3. The standard InChI is InChI=1S/C72H96IN9O26/c73-51-38-46(20-25-59(51)108-71(106)50-41-49(84)21-24-57(50)85)39-55(75-61(88)26-23-56(70(104)105)82-35-33-80(43-64(93)94)31-29-79(42-63(91)92)30-32-81(34-36-82)44-65(95)96)58(86)40-47(37-45-13-5-3-6-14-45)66(97)76-52(67(98)99)18-11-12-28-74-60(87)19-10-2-1-7-15-48(83)16-8-4-9-17-53(68(100)101)77-72(107)78-54(69(102)103)22-27-62(89)90/h3,5-6,13-14,20-21,24-25,38,41,47,52-56H,1-2,4,7-12,15-19,22-23,26-37,39-40,42-44H2,(H,74,87)(H,75,88)(H,76,97)(H,89,90)(H,91,92)(H,93,94)(H,95,96)(H,98,99)(H,100,101)(H,102,103)(H,104,105)(H2,77,78,107)/t47-,52+,53-,54-,55+,56+/m0/s1. The largest absolute Gasteiger partial charge is 0.481 e. The number of unbranched alkanes of at least 4 members (excludes halogenated alkanes) is 6. The van der Waals surface area contributed by atoms with Gasteiger partial charge in [0.25, 0.3) is 0 Å². The van der Waals surface area contributed by atoms with Crippen molar-refractivity contribution < 1.29 is 127 Å². The van der Waals surface area contributed by atoms with Gasteiger partial charge in [-0.05, 0) is 129 Å². The number of aliphatic carboxylic acids is 8. The van der Waals surface area contributed by atoms with Gasteiger partial charge in [-0.3, -0.25) is 77.1 Å². The van der Waals surface area contributed by atoms with E-state index in [0.717, 1.165) is 18.2 Å². The highest BCUT2D eigenvalue weighted by molar-refractivity contribution is 14.1. The predicted octanol–water partition coefficient (Wildman–Crippen LogP) is 2.17. The Morgan fingerprint density at radius 3 is 1.52 bits per heavy atom. The first kappa shape index (κ1) is 90.5. The smallest absolute Gasteiger partial charge is 0.347 e. The molecule has 6 atom stereocenters. The first-order valence-electron chi connectivity index (χ1n) is 35.5. The third-order valence-corrected chi connectivity index (χ3v) is 18.6. The summed E-state index contributed by atoms with van der Waals surface area (Å²) in [5.74, 6) is -16.9. The van der Waals surface area contributed by atoms with E-state index in [0.29, 0.717) is 68.9 Å². The molecule has 0 saturated carbocycles. The fourth-order valence-electron chi connectivity index (χ4n) is 11.9. The molecule has 1 aliphatic heterocycles. The van der Waals surface area contributed by atoms with E-state index in [4.69, 9.17) is 9.84 Å². The number of carbonyl (C=O) groups is 17. The monoisotopic (exact) mass is 1630 g/mol. The number of urea groups is 1. The van der Waals surface area contributed by atoms with Crippen LogP contribution in [0.3, 0.4) is 0 Å². The Bertz CT molecular complexity index is 3540. The van der Waals surface area contributed by atoms with Gasteiger partial charge < -0.3 is 72.2 Å². The average Bonchev–Trinajstić information content (AvgIpc) is 0.834. The molecule has 2 aliphatic rings. The molecule has 4 rings (SSSR count). The summed E-state index contributed by atoms with van der Waals surface area (Å²) >= 11 is 1.83. The lowest BCUT2D eigenvalue weighted by atomic mass is 9.89. The van der Waals surface area contributed by atoms with Crippen molar-refractivity contribution in [3.63, 3.8) is 0 Å². The molecule has 2 aromatic carbocycles. The number of rotatable bonds is 49. The lowest BCUT2D eigenvalue weighted by Gasteiger charge is -2.35. The maximum atomic E-state index is 14.9. The molecule has 0 aromatic heterocycles. The van der Waals surface area contributed by atoms with Gasteiger partial charge >= 0.3 is 59.8 Å². The highest BCUT2D eigenvalue weighted by Crippen LogP contribution is 2.26. The Morgan fingerprint density at radius 1 is 0.472 bits per heavy atom. The molecule has 0 bridgehead atoms. The average molecular weight is 1630 g/mol. The van der Waals surface area contributed by atoms with Crippen LogP contribution in [0.25, 0.3) is 0 Å². The Kier molecular flexibility index (Phi) is 40.5. The lowest BCUT2D eigenvalue weighted by Crippen LogP contribution is -2.52. The molecule has 108 heavy (non-hydrogen) atoms. The molecule has 1 fully saturated rings. The molecule has 0 spiro atoms. The van der Waals surface area contributed by atoms with E-state index >= 15 is 0 Å². The minimum absolute atomic E-state index is 0.0000501. The van der Waals surface area contributed by atoms with E-state index in [-0.39, 0.29) is 125 Å². The van der Waals surface area contributed by atoms with Crippen LogP contribution in [-0.4, -0.2) is 270 Å². The Balaban J connectivity index is 1.39. The molecule has 13 N–H and O–H groups in total. The van der Waals surface area contributed by atoms with E-state index in [1.807, 2.05) is 22.6 Å². The number of carbonyl (C=O) groups excluding carboxylic acids is 9. The summed E-state index contributed by atoms with van der Waals surface area (Å²) in [5, 5.41) is 90.1. The summed E-state index contributed by atoms with van der Waals surface area (Å²) in [5.41, 5.74) is 0.421. The van der Waals surface area contributed by atoms with Crippen LogP contribution in [0.2, 0.25) is 0 Å². The molecule has 0 unspecified atom stereocenters. The number of hydrogen-bond donors (Lipinski definition) is 13. The summed E-state index contributed by atoms with van der Waals surface area (Å²) in [4.78, 5) is 220. The zero-order chi connectivity index (χ0) is 79.8. The van der Waals surface area contributed by atoms with Gasteiger partial charge in [-0.1, -0.05) is 62.1 Å².